The molecular formula is C22H17Cl. The number of hydrogen-bond acceptors (Lipinski definition) is 0. The van der Waals surface area contributed by atoms with E-state index in [2.05, 4.69) is 67.6 Å². The number of rotatable bonds is 1. The average Bonchev–Trinajstić information content (AvgIpc) is 2.61. The molecule has 0 atom stereocenters. The summed E-state index contributed by atoms with van der Waals surface area (Å²) in [4.78, 5) is 0. The SMILES string of the molecule is CCC12c3ccccc3C(c3ccccc31)c1cccc(Cl)c12. The lowest BCUT2D eigenvalue weighted by molar-refractivity contribution is 0.527. The highest BCUT2D eigenvalue weighted by Crippen LogP contribution is 2.61. The summed E-state index contributed by atoms with van der Waals surface area (Å²) in [5.41, 5.74) is 8.36. The second-order valence-electron chi connectivity index (χ2n) is 6.57. The van der Waals surface area contributed by atoms with Gasteiger partial charge in [-0.15, -0.1) is 0 Å². The minimum absolute atomic E-state index is 0.115. The van der Waals surface area contributed by atoms with Gasteiger partial charge in [-0.25, -0.2) is 0 Å². The molecule has 0 radical (unpaired) electrons. The lowest BCUT2D eigenvalue weighted by atomic mass is 9.52. The molecule has 0 fully saturated rings. The van der Waals surface area contributed by atoms with E-state index in [-0.39, 0.29) is 5.41 Å². The minimum Gasteiger partial charge on any atom is -0.0840 e. The maximum atomic E-state index is 6.74. The molecule has 0 aromatic heterocycles. The molecule has 0 spiro atoms. The first kappa shape index (κ1) is 13.4. The summed E-state index contributed by atoms with van der Waals surface area (Å²) < 4.78 is 0. The molecule has 0 unspecified atom stereocenters. The van der Waals surface area contributed by atoms with Crippen LogP contribution < -0.4 is 0 Å². The van der Waals surface area contributed by atoms with Gasteiger partial charge in [0, 0.05) is 16.4 Å². The maximum Gasteiger partial charge on any atom is 0.0472 e. The normalized spacial score (nSPS) is 23.1. The predicted molar refractivity (Wildman–Crippen MR) is 95.5 cm³/mol. The van der Waals surface area contributed by atoms with Crippen LogP contribution in [0.4, 0.5) is 0 Å². The highest BCUT2D eigenvalue weighted by molar-refractivity contribution is 6.31. The van der Waals surface area contributed by atoms with Crippen LogP contribution in [-0.4, -0.2) is 0 Å². The number of benzene rings is 3. The zero-order chi connectivity index (χ0) is 15.6. The Kier molecular flexibility index (Phi) is 2.61. The Balaban J connectivity index is 2.02. The third-order valence-electron chi connectivity index (χ3n) is 5.78. The monoisotopic (exact) mass is 316 g/mol. The van der Waals surface area contributed by atoms with E-state index in [0.717, 1.165) is 11.4 Å². The summed E-state index contributed by atoms with van der Waals surface area (Å²) in [7, 11) is 0. The van der Waals surface area contributed by atoms with Gasteiger partial charge in [-0.2, -0.15) is 0 Å². The fourth-order valence-corrected chi connectivity index (χ4v) is 5.32. The van der Waals surface area contributed by atoms with E-state index in [9.17, 15) is 0 Å². The molecule has 0 saturated carbocycles. The zero-order valence-electron chi connectivity index (χ0n) is 13.0. The molecule has 3 aliphatic rings. The molecule has 0 heterocycles. The fourth-order valence-electron chi connectivity index (χ4n) is 4.98. The van der Waals surface area contributed by atoms with Gasteiger partial charge < -0.3 is 0 Å². The largest absolute Gasteiger partial charge is 0.0840 e. The first-order valence-electron chi connectivity index (χ1n) is 8.26. The number of halogens is 1. The van der Waals surface area contributed by atoms with Gasteiger partial charge >= 0.3 is 0 Å². The van der Waals surface area contributed by atoms with Gasteiger partial charge in [0.05, 0.1) is 0 Å². The molecule has 0 aliphatic heterocycles. The molecule has 0 N–H and O–H groups in total. The van der Waals surface area contributed by atoms with E-state index in [4.69, 9.17) is 11.6 Å². The van der Waals surface area contributed by atoms with Crippen LogP contribution in [0.2, 0.25) is 5.02 Å². The van der Waals surface area contributed by atoms with Crippen LogP contribution >= 0.6 is 11.6 Å². The highest BCUT2D eigenvalue weighted by atomic mass is 35.5. The maximum absolute atomic E-state index is 6.74. The Bertz CT molecular complexity index is 891. The predicted octanol–water partition coefficient (Wildman–Crippen LogP) is 5.89. The van der Waals surface area contributed by atoms with Gasteiger partial charge in [0.25, 0.3) is 0 Å². The Morgan fingerprint density at radius 2 is 1.35 bits per heavy atom. The van der Waals surface area contributed by atoms with Gasteiger partial charge in [-0.05, 0) is 45.9 Å². The summed E-state index contributed by atoms with van der Waals surface area (Å²) in [5, 5.41) is 0.901. The van der Waals surface area contributed by atoms with Crippen LogP contribution in [0.3, 0.4) is 0 Å². The van der Waals surface area contributed by atoms with Gasteiger partial charge in [-0.3, -0.25) is 0 Å². The fraction of sp³-hybridized carbons (Fsp3) is 0.182. The van der Waals surface area contributed by atoms with Crippen molar-refractivity contribution in [1.82, 2.24) is 0 Å². The molecule has 112 valence electrons. The minimum atomic E-state index is -0.115. The molecule has 6 rings (SSSR count). The van der Waals surface area contributed by atoms with Gasteiger partial charge in [0.15, 0.2) is 0 Å². The molecule has 2 bridgehead atoms. The summed E-state index contributed by atoms with van der Waals surface area (Å²) in [5.74, 6) is 0.310. The van der Waals surface area contributed by atoms with Crippen LogP contribution in [-0.2, 0) is 5.41 Å². The molecule has 0 saturated heterocycles. The summed E-state index contributed by atoms with van der Waals surface area (Å²) in [6.07, 6.45) is 1.02. The summed E-state index contributed by atoms with van der Waals surface area (Å²) in [6, 6.07) is 24.2. The van der Waals surface area contributed by atoms with Crippen LogP contribution in [0.5, 0.6) is 0 Å². The summed E-state index contributed by atoms with van der Waals surface area (Å²) >= 11 is 6.74. The van der Waals surface area contributed by atoms with Gasteiger partial charge in [-0.1, -0.05) is 79.2 Å². The quantitative estimate of drug-likeness (QED) is 0.525. The van der Waals surface area contributed by atoms with Crippen LogP contribution in [0.1, 0.15) is 52.6 Å². The molecule has 3 aromatic rings. The van der Waals surface area contributed by atoms with E-state index < -0.39 is 0 Å². The second-order valence-corrected chi connectivity index (χ2v) is 6.98. The first-order chi connectivity index (χ1) is 11.3. The van der Waals surface area contributed by atoms with Crippen LogP contribution in [0, 0.1) is 0 Å². The molecule has 1 heteroatoms. The lowest BCUT2D eigenvalue weighted by Crippen LogP contribution is -2.42. The van der Waals surface area contributed by atoms with Crippen molar-refractivity contribution in [2.24, 2.45) is 0 Å². The summed E-state index contributed by atoms with van der Waals surface area (Å²) in [6.45, 7) is 2.28. The molecule has 3 aromatic carbocycles. The van der Waals surface area contributed by atoms with Gasteiger partial charge in [0.1, 0.15) is 0 Å². The Hall–Kier alpha value is -2.05. The molecular weight excluding hydrogens is 300 g/mol. The van der Waals surface area contributed by atoms with E-state index in [1.807, 2.05) is 6.07 Å². The standard InChI is InChI=1S/C22H17Cl/c1-2-22-17-11-5-3-8-14(17)20(15-9-4-6-12-18(15)22)16-10-7-13-19(23)21(16)22/h3-13,20H,2H2,1H3. The van der Waals surface area contributed by atoms with Crippen molar-refractivity contribution in [3.63, 3.8) is 0 Å². The molecule has 23 heavy (non-hydrogen) atoms. The van der Waals surface area contributed by atoms with Crippen molar-refractivity contribution >= 4 is 11.6 Å². The van der Waals surface area contributed by atoms with E-state index in [0.29, 0.717) is 5.92 Å². The molecule has 3 aliphatic carbocycles. The Labute approximate surface area is 141 Å². The highest BCUT2D eigenvalue weighted by Gasteiger charge is 2.51. The van der Waals surface area contributed by atoms with E-state index in [1.165, 1.54) is 33.4 Å². The van der Waals surface area contributed by atoms with E-state index >= 15 is 0 Å². The van der Waals surface area contributed by atoms with Crippen molar-refractivity contribution in [2.75, 3.05) is 0 Å². The zero-order valence-corrected chi connectivity index (χ0v) is 13.8. The average molecular weight is 317 g/mol. The molecule has 0 amide bonds. The van der Waals surface area contributed by atoms with E-state index in [1.54, 1.807) is 0 Å². The van der Waals surface area contributed by atoms with Crippen LogP contribution in [0.15, 0.2) is 66.7 Å². The third-order valence-corrected chi connectivity index (χ3v) is 6.09. The van der Waals surface area contributed by atoms with Crippen molar-refractivity contribution in [3.8, 4) is 0 Å². The van der Waals surface area contributed by atoms with Gasteiger partial charge in [0.2, 0.25) is 0 Å². The van der Waals surface area contributed by atoms with Crippen molar-refractivity contribution in [3.05, 3.63) is 105 Å². The van der Waals surface area contributed by atoms with Crippen molar-refractivity contribution < 1.29 is 0 Å². The first-order valence-corrected chi connectivity index (χ1v) is 8.64. The smallest absolute Gasteiger partial charge is 0.0472 e. The van der Waals surface area contributed by atoms with Crippen LogP contribution in [0.25, 0.3) is 0 Å². The number of hydrogen-bond donors (Lipinski definition) is 0. The van der Waals surface area contributed by atoms with Crippen molar-refractivity contribution in [2.45, 2.75) is 24.7 Å². The molecule has 0 nitrogen and oxygen atoms in total. The lowest BCUT2D eigenvalue weighted by Gasteiger charge is -2.51. The Morgan fingerprint density at radius 3 is 1.96 bits per heavy atom. The third kappa shape index (κ3) is 1.43. The topological polar surface area (TPSA) is 0 Å². The Morgan fingerprint density at radius 1 is 0.783 bits per heavy atom. The van der Waals surface area contributed by atoms with Crippen molar-refractivity contribution in [1.29, 1.82) is 0 Å². The second kappa shape index (κ2) is 4.49.